The van der Waals surface area contributed by atoms with Crippen LogP contribution in [0.2, 0.25) is 0 Å². The molecule has 1 amide bonds. The first kappa shape index (κ1) is 19.0. The highest BCUT2D eigenvalue weighted by Crippen LogP contribution is 2.19. The number of hydrogen-bond donors (Lipinski definition) is 1. The summed E-state index contributed by atoms with van der Waals surface area (Å²) in [7, 11) is -3.17. The molecule has 0 aliphatic carbocycles. The number of carbonyl (C=O) groups excluding carboxylic acids is 1. The second-order valence-electron chi connectivity index (χ2n) is 7.05. The van der Waals surface area contributed by atoms with E-state index in [0.717, 1.165) is 37.6 Å². The Bertz CT molecular complexity index is 726. The predicted octanol–water partition coefficient (Wildman–Crippen LogP) is 0.755. The van der Waals surface area contributed by atoms with E-state index in [-0.39, 0.29) is 11.8 Å². The molecule has 1 aromatic rings. The number of aromatic nitrogens is 2. The van der Waals surface area contributed by atoms with Gasteiger partial charge in [0.1, 0.15) is 0 Å². The van der Waals surface area contributed by atoms with Gasteiger partial charge < -0.3 is 10.2 Å². The molecule has 2 saturated heterocycles. The lowest BCUT2D eigenvalue weighted by Crippen LogP contribution is -2.42. The van der Waals surface area contributed by atoms with Gasteiger partial charge in [0.05, 0.1) is 18.5 Å². The van der Waals surface area contributed by atoms with Gasteiger partial charge in [-0.05, 0) is 38.2 Å². The fourth-order valence-corrected chi connectivity index (χ4v) is 4.38. The van der Waals surface area contributed by atoms with Gasteiger partial charge in [-0.2, -0.15) is 0 Å². The minimum atomic E-state index is -3.17. The van der Waals surface area contributed by atoms with Crippen LogP contribution in [0.3, 0.4) is 0 Å². The lowest BCUT2D eigenvalue weighted by Gasteiger charge is -2.29. The van der Waals surface area contributed by atoms with E-state index < -0.39 is 10.0 Å². The van der Waals surface area contributed by atoms with Gasteiger partial charge in [0.25, 0.3) is 0 Å². The number of rotatable bonds is 5. The number of nitrogens with zero attached hydrogens (tertiary/aromatic N) is 4. The van der Waals surface area contributed by atoms with Crippen LogP contribution in [0.5, 0.6) is 0 Å². The molecule has 0 unspecified atom stereocenters. The Morgan fingerprint density at radius 3 is 2.54 bits per heavy atom. The van der Waals surface area contributed by atoms with E-state index in [1.807, 2.05) is 6.07 Å². The number of sulfonamides is 1. The van der Waals surface area contributed by atoms with Crippen LogP contribution in [0.1, 0.15) is 37.8 Å². The standard InChI is InChI=1S/C17H27N5O3S/c1-26(24,25)22-11-6-14(7-12-22)16(23)19-13-15-5-8-18-17(20-15)21-9-3-2-4-10-21/h5,8,14H,2-4,6-7,9-13H2,1H3,(H,19,23). The Kier molecular flexibility index (Phi) is 6.08. The van der Waals surface area contributed by atoms with Crippen molar-refractivity contribution in [2.75, 3.05) is 37.3 Å². The molecule has 0 aromatic carbocycles. The first-order valence-electron chi connectivity index (χ1n) is 9.23. The SMILES string of the molecule is CS(=O)(=O)N1CCC(C(=O)NCc2ccnc(N3CCCCC3)n2)CC1. The van der Waals surface area contributed by atoms with Crippen LogP contribution in [0, 0.1) is 5.92 Å². The second kappa shape index (κ2) is 8.30. The maximum Gasteiger partial charge on any atom is 0.225 e. The molecule has 2 fully saturated rings. The second-order valence-corrected chi connectivity index (χ2v) is 9.03. The summed E-state index contributed by atoms with van der Waals surface area (Å²) in [6, 6.07) is 1.82. The van der Waals surface area contributed by atoms with Crippen molar-refractivity contribution >= 4 is 21.9 Å². The van der Waals surface area contributed by atoms with Gasteiger partial charge in [0, 0.05) is 38.3 Å². The quantitative estimate of drug-likeness (QED) is 0.809. The Morgan fingerprint density at radius 1 is 1.19 bits per heavy atom. The summed E-state index contributed by atoms with van der Waals surface area (Å²) in [6.45, 7) is 3.14. The maximum absolute atomic E-state index is 12.4. The molecule has 0 saturated carbocycles. The van der Waals surface area contributed by atoms with Crippen LogP contribution in [0.15, 0.2) is 12.3 Å². The van der Waals surface area contributed by atoms with Crippen molar-refractivity contribution in [3.05, 3.63) is 18.0 Å². The fourth-order valence-electron chi connectivity index (χ4n) is 3.50. The minimum Gasteiger partial charge on any atom is -0.350 e. The molecule has 0 radical (unpaired) electrons. The van der Waals surface area contributed by atoms with Crippen molar-refractivity contribution in [2.24, 2.45) is 5.92 Å². The van der Waals surface area contributed by atoms with Crippen molar-refractivity contribution in [3.63, 3.8) is 0 Å². The Labute approximate surface area is 155 Å². The average molecular weight is 382 g/mol. The number of nitrogens with one attached hydrogen (secondary N) is 1. The van der Waals surface area contributed by atoms with E-state index in [1.54, 1.807) is 6.20 Å². The monoisotopic (exact) mass is 381 g/mol. The van der Waals surface area contributed by atoms with E-state index >= 15 is 0 Å². The highest BCUT2D eigenvalue weighted by Gasteiger charge is 2.28. The summed E-state index contributed by atoms with van der Waals surface area (Å²) in [4.78, 5) is 23.5. The van der Waals surface area contributed by atoms with Crippen LogP contribution < -0.4 is 10.2 Å². The highest BCUT2D eigenvalue weighted by atomic mass is 32.2. The molecule has 9 heteroatoms. The number of piperidine rings is 2. The van der Waals surface area contributed by atoms with Crippen LogP contribution in [-0.2, 0) is 21.4 Å². The number of amides is 1. The summed E-state index contributed by atoms with van der Waals surface area (Å²) in [5, 5.41) is 2.94. The first-order chi connectivity index (χ1) is 12.4. The zero-order valence-corrected chi connectivity index (χ0v) is 16.0. The summed E-state index contributed by atoms with van der Waals surface area (Å²) >= 11 is 0. The van der Waals surface area contributed by atoms with Gasteiger partial charge in [0.15, 0.2) is 0 Å². The van der Waals surface area contributed by atoms with E-state index in [4.69, 9.17) is 0 Å². The summed E-state index contributed by atoms with van der Waals surface area (Å²) < 4.78 is 24.5. The van der Waals surface area contributed by atoms with Crippen molar-refractivity contribution < 1.29 is 13.2 Å². The third-order valence-electron chi connectivity index (χ3n) is 5.08. The topological polar surface area (TPSA) is 95.5 Å². The molecule has 2 aliphatic heterocycles. The lowest BCUT2D eigenvalue weighted by atomic mass is 9.97. The molecule has 2 aliphatic rings. The van der Waals surface area contributed by atoms with Gasteiger partial charge in [-0.15, -0.1) is 0 Å². The number of carbonyl (C=O) groups is 1. The van der Waals surface area contributed by atoms with E-state index in [1.165, 1.54) is 17.0 Å². The fraction of sp³-hybridized carbons (Fsp3) is 0.706. The predicted molar refractivity (Wildman–Crippen MR) is 99.1 cm³/mol. The smallest absolute Gasteiger partial charge is 0.225 e. The Balaban J connectivity index is 1.50. The summed E-state index contributed by atoms with van der Waals surface area (Å²) in [5.41, 5.74) is 0.794. The van der Waals surface area contributed by atoms with E-state index in [0.29, 0.717) is 32.5 Å². The normalized spacial score (nSPS) is 20.1. The van der Waals surface area contributed by atoms with E-state index in [2.05, 4.69) is 20.2 Å². The summed E-state index contributed by atoms with van der Waals surface area (Å²) in [6.07, 6.45) is 7.65. The molecule has 1 N–H and O–H groups in total. The van der Waals surface area contributed by atoms with Crippen LogP contribution in [0.25, 0.3) is 0 Å². The number of hydrogen-bond acceptors (Lipinski definition) is 6. The van der Waals surface area contributed by atoms with Crippen LogP contribution >= 0.6 is 0 Å². The van der Waals surface area contributed by atoms with Gasteiger partial charge in [-0.1, -0.05) is 0 Å². The van der Waals surface area contributed by atoms with Crippen molar-refractivity contribution in [3.8, 4) is 0 Å². The average Bonchev–Trinajstić information content (AvgIpc) is 2.66. The van der Waals surface area contributed by atoms with Gasteiger partial charge >= 0.3 is 0 Å². The molecule has 8 nitrogen and oxygen atoms in total. The largest absolute Gasteiger partial charge is 0.350 e. The zero-order valence-electron chi connectivity index (χ0n) is 15.2. The van der Waals surface area contributed by atoms with Crippen molar-refractivity contribution in [1.29, 1.82) is 0 Å². The molecule has 0 spiro atoms. The van der Waals surface area contributed by atoms with Crippen molar-refractivity contribution in [1.82, 2.24) is 19.6 Å². The number of anilines is 1. The van der Waals surface area contributed by atoms with Gasteiger partial charge in [-0.3, -0.25) is 4.79 Å². The van der Waals surface area contributed by atoms with Gasteiger partial charge in [0.2, 0.25) is 21.9 Å². The maximum atomic E-state index is 12.4. The first-order valence-corrected chi connectivity index (χ1v) is 11.1. The molecular formula is C17H27N5O3S. The zero-order chi connectivity index (χ0) is 18.6. The molecule has 3 heterocycles. The Morgan fingerprint density at radius 2 is 1.88 bits per heavy atom. The molecule has 3 rings (SSSR count). The summed E-state index contributed by atoms with van der Waals surface area (Å²) in [5.74, 6) is 0.561. The minimum absolute atomic E-state index is 0.0312. The molecule has 0 bridgehead atoms. The van der Waals surface area contributed by atoms with Crippen LogP contribution in [-0.4, -0.2) is 61.0 Å². The molecular weight excluding hydrogens is 354 g/mol. The molecule has 26 heavy (non-hydrogen) atoms. The van der Waals surface area contributed by atoms with Crippen LogP contribution in [0.4, 0.5) is 5.95 Å². The van der Waals surface area contributed by atoms with Crippen molar-refractivity contribution in [2.45, 2.75) is 38.6 Å². The molecule has 0 atom stereocenters. The third-order valence-corrected chi connectivity index (χ3v) is 6.38. The van der Waals surface area contributed by atoms with Gasteiger partial charge in [-0.25, -0.2) is 22.7 Å². The van der Waals surface area contributed by atoms with E-state index in [9.17, 15) is 13.2 Å². The lowest BCUT2D eigenvalue weighted by molar-refractivity contribution is -0.126. The Hall–Kier alpha value is -1.74. The highest BCUT2D eigenvalue weighted by molar-refractivity contribution is 7.88. The molecule has 1 aromatic heterocycles. The third kappa shape index (κ3) is 4.91. The molecule has 144 valence electrons.